The number of primary amides is 1. The zero-order chi connectivity index (χ0) is 17.1. The quantitative estimate of drug-likeness (QED) is 0.871. The lowest BCUT2D eigenvalue weighted by Crippen LogP contribution is -2.41. The fraction of sp³-hybridized carbons (Fsp3) is 0.412. The smallest absolute Gasteiger partial charge is 0.270 e. The fourth-order valence-corrected chi connectivity index (χ4v) is 2.99. The van der Waals surface area contributed by atoms with Crippen LogP contribution in [-0.2, 0) is 20.9 Å². The second-order valence-corrected chi connectivity index (χ2v) is 6.12. The van der Waals surface area contributed by atoms with Gasteiger partial charge in [-0.2, -0.15) is 5.10 Å². The van der Waals surface area contributed by atoms with Gasteiger partial charge < -0.3 is 10.6 Å². The largest absolute Gasteiger partial charge is 0.369 e. The molecule has 7 nitrogen and oxygen atoms in total. The summed E-state index contributed by atoms with van der Waals surface area (Å²) in [7, 11) is 0. The highest BCUT2D eigenvalue weighted by Gasteiger charge is 2.33. The summed E-state index contributed by atoms with van der Waals surface area (Å²) in [5.41, 5.74) is 6.63. The second kappa shape index (κ2) is 6.82. The average Bonchev–Trinajstić information content (AvgIpc) is 3.07. The molecular weight excluding hydrogens is 308 g/mol. The van der Waals surface area contributed by atoms with Crippen LogP contribution >= 0.6 is 0 Å². The van der Waals surface area contributed by atoms with Gasteiger partial charge in [-0.1, -0.05) is 30.3 Å². The van der Waals surface area contributed by atoms with Gasteiger partial charge in [0.2, 0.25) is 11.8 Å². The lowest BCUT2D eigenvalue weighted by atomic mass is 10.1. The molecule has 1 fully saturated rings. The van der Waals surface area contributed by atoms with Gasteiger partial charge in [-0.25, -0.2) is 5.01 Å². The number of amides is 3. The van der Waals surface area contributed by atoms with Crippen LogP contribution in [0.3, 0.4) is 0 Å². The Balaban J connectivity index is 1.71. The molecule has 7 heteroatoms. The van der Waals surface area contributed by atoms with Crippen molar-refractivity contribution in [2.24, 2.45) is 16.8 Å². The van der Waals surface area contributed by atoms with Crippen LogP contribution in [0.25, 0.3) is 0 Å². The number of nitrogens with two attached hydrogens (primary N) is 1. The number of hydrazone groups is 1. The molecule has 24 heavy (non-hydrogen) atoms. The molecule has 1 saturated heterocycles. The van der Waals surface area contributed by atoms with Crippen LogP contribution in [0.1, 0.15) is 24.8 Å². The molecule has 0 aromatic heterocycles. The molecule has 2 heterocycles. The van der Waals surface area contributed by atoms with Crippen molar-refractivity contribution in [1.29, 1.82) is 0 Å². The van der Waals surface area contributed by atoms with Gasteiger partial charge >= 0.3 is 0 Å². The third-order valence-corrected chi connectivity index (χ3v) is 4.40. The van der Waals surface area contributed by atoms with Crippen molar-refractivity contribution in [3.63, 3.8) is 0 Å². The van der Waals surface area contributed by atoms with Crippen molar-refractivity contribution in [2.75, 3.05) is 13.1 Å². The third kappa shape index (κ3) is 3.45. The van der Waals surface area contributed by atoms with E-state index >= 15 is 0 Å². The predicted octanol–water partition coefficient (Wildman–Crippen LogP) is 0.499. The normalized spacial score (nSPS) is 20.9. The summed E-state index contributed by atoms with van der Waals surface area (Å²) >= 11 is 0. The lowest BCUT2D eigenvalue weighted by molar-refractivity contribution is -0.132. The van der Waals surface area contributed by atoms with Crippen LogP contribution in [0.4, 0.5) is 0 Å². The Morgan fingerprint density at radius 1 is 1.21 bits per heavy atom. The number of benzene rings is 1. The predicted molar refractivity (Wildman–Crippen MR) is 87.5 cm³/mol. The maximum absolute atomic E-state index is 12.6. The zero-order valence-electron chi connectivity index (χ0n) is 13.4. The van der Waals surface area contributed by atoms with E-state index in [1.807, 2.05) is 30.3 Å². The Hall–Kier alpha value is -2.70. The van der Waals surface area contributed by atoms with Crippen LogP contribution in [-0.4, -0.2) is 46.4 Å². The number of hydrogen-bond donors (Lipinski definition) is 1. The summed E-state index contributed by atoms with van der Waals surface area (Å²) in [6.07, 6.45) is 1.19. The molecule has 0 unspecified atom stereocenters. The fourth-order valence-electron chi connectivity index (χ4n) is 2.99. The number of carbonyl (C=O) groups is 3. The van der Waals surface area contributed by atoms with E-state index in [1.54, 1.807) is 4.90 Å². The molecule has 2 aliphatic rings. The maximum atomic E-state index is 12.6. The molecule has 3 amide bonds. The summed E-state index contributed by atoms with van der Waals surface area (Å²) in [5.74, 6) is -0.965. The standard InChI is InChI=1S/C17H20N4O3/c18-16(23)13-8-9-20(11-13)17(24)14-6-7-15(22)21(19-14)10-12-4-2-1-3-5-12/h1-5,13H,6-11H2,(H2,18,23)/t13-/m0/s1. The Labute approximate surface area is 140 Å². The van der Waals surface area contributed by atoms with Gasteiger partial charge in [0.25, 0.3) is 5.91 Å². The minimum absolute atomic E-state index is 0.0909. The topological polar surface area (TPSA) is 96.1 Å². The molecule has 2 N–H and O–H groups in total. The summed E-state index contributed by atoms with van der Waals surface area (Å²) in [6.45, 7) is 1.18. The molecular formula is C17H20N4O3. The van der Waals surface area contributed by atoms with Gasteiger partial charge in [0, 0.05) is 25.9 Å². The highest BCUT2D eigenvalue weighted by atomic mass is 16.2. The molecule has 2 aliphatic heterocycles. The Bertz CT molecular complexity index is 686. The molecule has 0 bridgehead atoms. The lowest BCUT2D eigenvalue weighted by Gasteiger charge is -2.25. The molecule has 1 atom stereocenters. The molecule has 0 aliphatic carbocycles. The maximum Gasteiger partial charge on any atom is 0.270 e. The summed E-state index contributed by atoms with van der Waals surface area (Å²) in [5, 5.41) is 5.62. The van der Waals surface area contributed by atoms with Gasteiger partial charge in [0.1, 0.15) is 5.71 Å². The van der Waals surface area contributed by atoms with Crippen molar-refractivity contribution in [3.05, 3.63) is 35.9 Å². The number of rotatable bonds is 4. The minimum atomic E-state index is -0.378. The Morgan fingerprint density at radius 3 is 2.62 bits per heavy atom. The molecule has 0 saturated carbocycles. The first-order chi connectivity index (χ1) is 11.5. The van der Waals surface area contributed by atoms with Gasteiger partial charge in [-0.05, 0) is 12.0 Å². The van der Waals surface area contributed by atoms with Crippen LogP contribution in [0.2, 0.25) is 0 Å². The van der Waals surface area contributed by atoms with Crippen molar-refractivity contribution in [1.82, 2.24) is 9.91 Å². The second-order valence-electron chi connectivity index (χ2n) is 6.12. The van der Waals surface area contributed by atoms with Gasteiger partial charge in [0.15, 0.2) is 0 Å². The van der Waals surface area contributed by atoms with Crippen LogP contribution in [0.5, 0.6) is 0 Å². The first kappa shape index (κ1) is 16.2. The number of nitrogens with zero attached hydrogens (tertiary/aromatic N) is 3. The third-order valence-electron chi connectivity index (χ3n) is 4.40. The molecule has 1 aromatic rings. The molecule has 1 aromatic carbocycles. The van der Waals surface area contributed by atoms with Crippen molar-refractivity contribution in [2.45, 2.75) is 25.8 Å². The average molecular weight is 328 g/mol. The van der Waals surface area contributed by atoms with Crippen LogP contribution in [0.15, 0.2) is 35.4 Å². The molecule has 0 radical (unpaired) electrons. The first-order valence-electron chi connectivity index (χ1n) is 8.05. The van der Waals surface area contributed by atoms with Gasteiger partial charge in [0.05, 0.1) is 12.5 Å². The van der Waals surface area contributed by atoms with E-state index in [2.05, 4.69) is 5.10 Å². The summed E-state index contributed by atoms with van der Waals surface area (Å²) < 4.78 is 0. The number of carbonyl (C=O) groups excluding carboxylic acids is 3. The van der Waals surface area contributed by atoms with E-state index in [1.165, 1.54) is 5.01 Å². The monoisotopic (exact) mass is 328 g/mol. The van der Waals surface area contributed by atoms with Crippen LogP contribution in [0, 0.1) is 5.92 Å². The van der Waals surface area contributed by atoms with Crippen molar-refractivity contribution < 1.29 is 14.4 Å². The summed E-state index contributed by atoms with van der Waals surface area (Å²) in [6, 6.07) is 9.53. The van der Waals surface area contributed by atoms with E-state index in [9.17, 15) is 14.4 Å². The summed E-state index contributed by atoms with van der Waals surface area (Å²) in [4.78, 5) is 37.5. The minimum Gasteiger partial charge on any atom is -0.369 e. The van der Waals surface area contributed by atoms with E-state index in [0.717, 1.165) is 5.56 Å². The van der Waals surface area contributed by atoms with Gasteiger partial charge in [-0.3, -0.25) is 14.4 Å². The van der Waals surface area contributed by atoms with E-state index in [4.69, 9.17) is 5.73 Å². The number of hydrogen-bond acceptors (Lipinski definition) is 4. The van der Waals surface area contributed by atoms with E-state index in [0.29, 0.717) is 38.2 Å². The van der Waals surface area contributed by atoms with E-state index < -0.39 is 0 Å². The van der Waals surface area contributed by atoms with Gasteiger partial charge in [-0.15, -0.1) is 0 Å². The first-order valence-corrected chi connectivity index (χ1v) is 8.05. The van der Waals surface area contributed by atoms with Crippen molar-refractivity contribution >= 4 is 23.4 Å². The highest BCUT2D eigenvalue weighted by Crippen LogP contribution is 2.19. The SMILES string of the molecule is NC(=O)[C@H]1CCN(C(=O)C2=NN(Cc3ccccc3)C(=O)CC2)C1. The Kier molecular flexibility index (Phi) is 4.59. The van der Waals surface area contributed by atoms with Crippen LogP contribution < -0.4 is 5.73 Å². The van der Waals surface area contributed by atoms with E-state index in [-0.39, 0.29) is 30.1 Å². The molecule has 3 rings (SSSR count). The highest BCUT2D eigenvalue weighted by molar-refractivity contribution is 6.39. The molecule has 126 valence electrons. The molecule has 0 spiro atoms. The Morgan fingerprint density at radius 2 is 1.96 bits per heavy atom. The zero-order valence-corrected chi connectivity index (χ0v) is 13.4. The number of likely N-dealkylation sites (tertiary alicyclic amines) is 1. The van der Waals surface area contributed by atoms with Crippen molar-refractivity contribution in [3.8, 4) is 0 Å².